The summed E-state index contributed by atoms with van der Waals surface area (Å²) < 4.78 is 15.4. The minimum atomic E-state index is -0.543. The molecule has 0 aliphatic carbocycles. The second-order valence-corrected chi connectivity index (χ2v) is 5.19. The van der Waals surface area contributed by atoms with Crippen LogP contribution < -0.4 is 9.47 Å². The van der Waals surface area contributed by atoms with E-state index in [4.69, 9.17) is 21.1 Å². The van der Waals surface area contributed by atoms with Crippen LogP contribution in [-0.2, 0) is 4.74 Å². The third-order valence-electron chi connectivity index (χ3n) is 3.14. The number of rotatable bonds is 6. The molecule has 0 unspecified atom stereocenters. The van der Waals surface area contributed by atoms with Gasteiger partial charge in [0.05, 0.1) is 23.3 Å². The molecule has 2 rings (SSSR count). The lowest BCUT2D eigenvalue weighted by atomic mass is 10.1. The van der Waals surface area contributed by atoms with Gasteiger partial charge in [0.2, 0.25) is 6.79 Å². The van der Waals surface area contributed by atoms with Gasteiger partial charge in [-0.15, -0.1) is 0 Å². The van der Waals surface area contributed by atoms with Crippen LogP contribution >= 0.6 is 11.6 Å². The van der Waals surface area contributed by atoms with Crippen LogP contribution in [0, 0.1) is 0 Å². The van der Waals surface area contributed by atoms with Gasteiger partial charge in [0, 0.05) is 6.07 Å². The molecular weight excluding hydrogens is 336 g/mol. The topological polar surface area (TPSA) is 82.1 Å². The van der Waals surface area contributed by atoms with Crippen molar-refractivity contribution in [3.05, 3.63) is 52.5 Å². The van der Waals surface area contributed by atoms with Gasteiger partial charge < -0.3 is 19.3 Å². The maximum atomic E-state index is 11.7. The first-order valence-corrected chi connectivity index (χ1v) is 7.27. The molecule has 0 aliphatic rings. The van der Waals surface area contributed by atoms with Crippen LogP contribution in [-0.4, -0.2) is 30.8 Å². The first kappa shape index (κ1) is 17.6. The lowest BCUT2D eigenvalue weighted by Crippen LogP contribution is -2.10. The molecule has 0 heterocycles. The highest BCUT2D eigenvalue weighted by Crippen LogP contribution is 2.27. The molecule has 0 saturated carbocycles. The molecule has 0 aliphatic heterocycles. The van der Waals surface area contributed by atoms with Crippen molar-refractivity contribution in [1.82, 2.24) is 0 Å². The molecule has 2 aromatic rings. The summed E-state index contributed by atoms with van der Waals surface area (Å²) in [7, 11) is 1.26. The van der Waals surface area contributed by atoms with Crippen LogP contribution in [0.1, 0.15) is 27.6 Å². The summed E-state index contributed by atoms with van der Waals surface area (Å²) in [6, 6.07) is 8.75. The third-order valence-corrected chi connectivity index (χ3v) is 3.44. The average molecular weight is 351 g/mol. The van der Waals surface area contributed by atoms with Crippen molar-refractivity contribution in [2.24, 2.45) is 0 Å². The minimum absolute atomic E-state index is 0.0535. The van der Waals surface area contributed by atoms with Crippen LogP contribution in [0.4, 0.5) is 0 Å². The Labute approximate surface area is 143 Å². The highest BCUT2D eigenvalue weighted by molar-refractivity contribution is 6.32. The molecule has 1 N–H and O–H groups in total. The number of carbonyl (C=O) groups is 2. The van der Waals surface area contributed by atoms with Crippen LogP contribution in [0.2, 0.25) is 5.02 Å². The number of Topliss-reactive ketones (excluding diaryl/α,β-unsaturated/α-hetero) is 1. The Balaban J connectivity index is 2.10. The average Bonchev–Trinajstić information content (AvgIpc) is 2.57. The predicted molar refractivity (Wildman–Crippen MR) is 87.0 cm³/mol. The van der Waals surface area contributed by atoms with Gasteiger partial charge in [-0.05, 0) is 37.3 Å². The number of hydrogen-bond donors (Lipinski definition) is 1. The summed E-state index contributed by atoms with van der Waals surface area (Å²) in [6.07, 6.45) is 0. The number of phenolic OH excluding ortho intramolecular Hbond substituents is 1. The fourth-order valence-corrected chi connectivity index (χ4v) is 2.08. The number of esters is 1. The smallest absolute Gasteiger partial charge is 0.337 e. The molecule has 126 valence electrons. The SMILES string of the molecule is COC(=O)c1ccc(OCOc2ccc(O)c(Cl)c2)c(C(C)=O)c1. The van der Waals surface area contributed by atoms with E-state index in [1.807, 2.05) is 0 Å². The Hall–Kier alpha value is -2.73. The van der Waals surface area contributed by atoms with Crippen molar-refractivity contribution in [2.45, 2.75) is 6.92 Å². The molecule has 0 amide bonds. The molecule has 0 saturated heterocycles. The Bertz CT molecular complexity index is 772. The van der Waals surface area contributed by atoms with Gasteiger partial charge in [-0.25, -0.2) is 4.79 Å². The van der Waals surface area contributed by atoms with Gasteiger partial charge in [0.15, 0.2) is 5.78 Å². The van der Waals surface area contributed by atoms with Gasteiger partial charge in [-0.1, -0.05) is 11.6 Å². The quantitative estimate of drug-likeness (QED) is 0.488. The summed E-state index contributed by atoms with van der Waals surface area (Å²) in [6.45, 7) is 1.18. The van der Waals surface area contributed by atoms with E-state index >= 15 is 0 Å². The first-order valence-electron chi connectivity index (χ1n) is 6.89. The van der Waals surface area contributed by atoms with E-state index in [0.717, 1.165) is 0 Å². The highest BCUT2D eigenvalue weighted by atomic mass is 35.5. The van der Waals surface area contributed by atoms with Crippen LogP contribution in [0.25, 0.3) is 0 Å². The lowest BCUT2D eigenvalue weighted by molar-refractivity contribution is 0.0600. The fourth-order valence-electron chi connectivity index (χ4n) is 1.91. The number of phenols is 1. The van der Waals surface area contributed by atoms with E-state index in [2.05, 4.69) is 4.74 Å². The van der Waals surface area contributed by atoms with Crippen LogP contribution in [0.3, 0.4) is 0 Å². The number of ether oxygens (including phenoxy) is 3. The molecular formula is C17H15ClO6. The second-order valence-electron chi connectivity index (χ2n) is 4.78. The van der Waals surface area contributed by atoms with E-state index < -0.39 is 5.97 Å². The van der Waals surface area contributed by atoms with Crippen molar-refractivity contribution in [3.8, 4) is 17.2 Å². The zero-order valence-corrected chi connectivity index (χ0v) is 13.8. The third kappa shape index (κ3) is 4.17. The Kier molecular flexibility index (Phi) is 5.65. The standard InChI is InChI=1S/C17H15ClO6/c1-10(19)13-7-11(17(21)22-2)3-6-16(13)24-9-23-12-4-5-15(20)14(18)8-12/h3-8,20H,9H2,1-2H3. The van der Waals surface area contributed by atoms with Gasteiger partial charge in [-0.3, -0.25) is 4.79 Å². The molecule has 0 aromatic heterocycles. The number of carbonyl (C=O) groups excluding carboxylic acids is 2. The Morgan fingerprint density at radius 3 is 2.50 bits per heavy atom. The molecule has 2 aromatic carbocycles. The number of benzene rings is 2. The summed E-state index contributed by atoms with van der Waals surface area (Å²) in [5, 5.41) is 9.49. The summed E-state index contributed by atoms with van der Waals surface area (Å²) in [5.41, 5.74) is 0.492. The molecule has 0 radical (unpaired) electrons. The zero-order chi connectivity index (χ0) is 17.7. The predicted octanol–water partition coefficient (Wildman–Crippen LogP) is 3.45. The molecule has 0 fully saturated rings. The van der Waals surface area contributed by atoms with Crippen LogP contribution in [0.15, 0.2) is 36.4 Å². The highest BCUT2D eigenvalue weighted by Gasteiger charge is 2.14. The minimum Gasteiger partial charge on any atom is -0.506 e. The van der Waals surface area contributed by atoms with Crippen molar-refractivity contribution < 1.29 is 28.9 Å². The number of aromatic hydroxyl groups is 1. The van der Waals surface area contributed by atoms with E-state index in [-0.39, 0.29) is 40.2 Å². The van der Waals surface area contributed by atoms with Gasteiger partial charge >= 0.3 is 5.97 Å². The van der Waals surface area contributed by atoms with Crippen molar-refractivity contribution >= 4 is 23.4 Å². The Morgan fingerprint density at radius 2 is 1.88 bits per heavy atom. The fraction of sp³-hybridized carbons (Fsp3) is 0.176. The monoisotopic (exact) mass is 350 g/mol. The van der Waals surface area contributed by atoms with E-state index in [1.54, 1.807) is 0 Å². The largest absolute Gasteiger partial charge is 0.506 e. The van der Waals surface area contributed by atoms with E-state index in [1.165, 1.54) is 50.4 Å². The Morgan fingerprint density at radius 1 is 1.12 bits per heavy atom. The number of methoxy groups -OCH3 is 1. The number of ketones is 1. The maximum Gasteiger partial charge on any atom is 0.337 e. The van der Waals surface area contributed by atoms with Crippen LogP contribution in [0.5, 0.6) is 17.2 Å². The molecule has 0 spiro atoms. The van der Waals surface area contributed by atoms with Crippen molar-refractivity contribution in [3.63, 3.8) is 0 Å². The second kappa shape index (κ2) is 7.70. The summed E-state index contributed by atoms with van der Waals surface area (Å²) in [5.74, 6) is -0.182. The van der Waals surface area contributed by atoms with Gasteiger partial charge in [-0.2, -0.15) is 0 Å². The number of halogens is 1. The van der Waals surface area contributed by atoms with E-state index in [0.29, 0.717) is 5.75 Å². The molecule has 0 atom stereocenters. The molecule has 7 heteroatoms. The van der Waals surface area contributed by atoms with Crippen molar-refractivity contribution in [2.75, 3.05) is 13.9 Å². The normalized spacial score (nSPS) is 10.1. The zero-order valence-electron chi connectivity index (χ0n) is 13.0. The molecule has 24 heavy (non-hydrogen) atoms. The lowest BCUT2D eigenvalue weighted by Gasteiger charge is -2.12. The van der Waals surface area contributed by atoms with Gasteiger partial charge in [0.25, 0.3) is 0 Å². The maximum absolute atomic E-state index is 11.7. The van der Waals surface area contributed by atoms with Gasteiger partial charge in [0.1, 0.15) is 17.2 Å². The first-order chi connectivity index (χ1) is 11.4. The summed E-state index contributed by atoms with van der Waals surface area (Å²) >= 11 is 5.78. The number of hydrogen-bond acceptors (Lipinski definition) is 6. The van der Waals surface area contributed by atoms with Crippen molar-refractivity contribution in [1.29, 1.82) is 0 Å². The summed E-state index contributed by atoms with van der Waals surface area (Å²) in [4.78, 5) is 23.3. The molecule has 6 nitrogen and oxygen atoms in total. The molecule has 0 bridgehead atoms. The van der Waals surface area contributed by atoms with E-state index in [9.17, 15) is 14.7 Å².